The van der Waals surface area contributed by atoms with E-state index in [1.54, 1.807) is 26.2 Å². The maximum Gasteiger partial charge on any atom is 0.331 e. The summed E-state index contributed by atoms with van der Waals surface area (Å²) in [4.78, 5) is 35.0. The molecule has 1 unspecified atom stereocenters. The Morgan fingerprint density at radius 3 is 2.44 bits per heavy atom. The molecular formula is C11H14N4O3. The lowest BCUT2D eigenvalue weighted by atomic mass is 10.3. The molecule has 0 radical (unpaired) electrons. The highest BCUT2D eigenvalue weighted by Gasteiger charge is 2.18. The molecule has 0 aliphatic rings. The fraction of sp³-hybridized carbons (Fsp3) is 0.364. The SMILES string of the molecule is CC(C(N)=O)n1ccc2c1c(=O)n(C)c(=O)n2C. The van der Waals surface area contributed by atoms with Crippen LogP contribution in [-0.4, -0.2) is 19.6 Å². The van der Waals surface area contributed by atoms with Crippen LogP contribution in [0.2, 0.25) is 0 Å². The van der Waals surface area contributed by atoms with Crippen molar-refractivity contribution in [1.82, 2.24) is 13.7 Å². The summed E-state index contributed by atoms with van der Waals surface area (Å²) in [5.41, 5.74) is 5.17. The van der Waals surface area contributed by atoms with Crippen molar-refractivity contribution >= 4 is 16.9 Å². The largest absolute Gasteiger partial charge is 0.368 e. The minimum Gasteiger partial charge on any atom is -0.368 e. The van der Waals surface area contributed by atoms with Crippen LogP contribution < -0.4 is 17.0 Å². The zero-order chi connectivity index (χ0) is 13.6. The zero-order valence-corrected chi connectivity index (χ0v) is 10.4. The smallest absolute Gasteiger partial charge is 0.331 e. The summed E-state index contributed by atoms with van der Waals surface area (Å²) in [6.45, 7) is 1.60. The van der Waals surface area contributed by atoms with Gasteiger partial charge in [-0.15, -0.1) is 0 Å². The molecule has 0 spiro atoms. The van der Waals surface area contributed by atoms with E-state index in [4.69, 9.17) is 5.73 Å². The lowest BCUT2D eigenvalue weighted by molar-refractivity contribution is -0.120. The molecule has 7 heteroatoms. The number of hydrogen-bond donors (Lipinski definition) is 1. The number of carbonyl (C=O) groups is 1. The molecule has 1 amide bonds. The quantitative estimate of drug-likeness (QED) is 0.747. The molecular weight excluding hydrogens is 236 g/mol. The van der Waals surface area contributed by atoms with Crippen LogP contribution in [-0.2, 0) is 18.9 Å². The fourth-order valence-corrected chi connectivity index (χ4v) is 1.96. The van der Waals surface area contributed by atoms with Crippen LogP contribution in [0.1, 0.15) is 13.0 Å². The van der Waals surface area contributed by atoms with Crippen LogP contribution in [0, 0.1) is 0 Å². The standard InChI is InChI=1S/C11H14N4O3/c1-6(9(12)16)15-5-4-7-8(15)10(17)14(3)11(18)13(7)2/h4-6H,1-3H3,(H2,12,16). The van der Waals surface area contributed by atoms with E-state index in [-0.39, 0.29) is 0 Å². The van der Waals surface area contributed by atoms with E-state index in [9.17, 15) is 14.4 Å². The number of hydrogen-bond acceptors (Lipinski definition) is 3. The van der Waals surface area contributed by atoms with E-state index < -0.39 is 23.2 Å². The number of rotatable bonds is 2. The van der Waals surface area contributed by atoms with Crippen molar-refractivity contribution in [2.45, 2.75) is 13.0 Å². The highest BCUT2D eigenvalue weighted by molar-refractivity contribution is 5.82. The molecule has 0 bridgehead atoms. The summed E-state index contributed by atoms with van der Waals surface area (Å²) in [6, 6.07) is 0.977. The van der Waals surface area contributed by atoms with Crippen molar-refractivity contribution in [2.75, 3.05) is 0 Å². The van der Waals surface area contributed by atoms with Crippen molar-refractivity contribution in [2.24, 2.45) is 19.8 Å². The molecule has 7 nitrogen and oxygen atoms in total. The number of primary amides is 1. The maximum absolute atomic E-state index is 12.1. The number of nitrogens with two attached hydrogens (primary N) is 1. The molecule has 96 valence electrons. The molecule has 2 rings (SSSR count). The van der Waals surface area contributed by atoms with Crippen molar-refractivity contribution in [3.05, 3.63) is 33.1 Å². The van der Waals surface area contributed by atoms with E-state index in [0.717, 1.165) is 4.57 Å². The normalized spacial score (nSPS) is 12.8. The second-order valence-electron chi connectivity index (χ2n) is 4.24. The Kier molecular flexibility index (Phi) is 2.61. The van der Waals surface area contributed by atoms with Crippen molar-refractivity contribution in [3.8, 4) is 0 Å². The van der Waals surface area contributed by atoms with Crippen LogP contribution >= 0.6 is 0 Å². The number of fused-ring (bicyclic) bond motifs is 1. The Bertz CT molecular complexity index is 750. The molecule has 0 aliphatic heterocycles. The van der Waals surface area contributed by atoms with Gasteiger partial charge in [-0.3, -0.25) is 18.7 Å². The molecule has 2 N–H and O–H groups in total. The van der Waals surface area contributed by atoms with Gasteiger partial charge in [-0.1, -0.05) is 0 Å². The zero-order valence-electron chi connectivity index (χ0n) is 10.4. The highest BCUT2D eigenvalue weighted by atomic mass is 16.2. The van der Waals surface area contributed by atoms with Gasteiger partial charge in [0.25, 0.3) is 5.56 Å². The lowest BCUT2D eigenvalue weighted by Gasteiger charge is -2.12. The first-order valence-electron chi connectivity index (χ1n) is 5.42. The minimum atomic E-state index is -0.646. The summed E-state index contributed by atoms with van der Waals surface area (Å²) >= 11 is 0. The predicted octanol–water partition coefficient (Wildman–Crippen LogP) is -0.915. The second-order valence-corrected chi connectivity index (χ2v) is 4.24. The van der Waals surface area contributed by atoms with E-state index in [0.29, 0.717) is 11.0 Å². The monoisotopic (exact) mass is 250 g/mol. The molecule has 1 atom stereocenters. The molecule has 2 heterocycles. The number of nitrogens with zero attached hydrogens (tertiary/aromatic N) is 3. The second kappa shape index (κ2) is 3.86. The van der Waals surface area contributed by atoms with Gasteiger partial charge < -0.3 is 10.3 Å². The molecule has 18 heavy (non-hydrogen) atoms. The third kappa shape index (κ3) is 1.47. The first-order valence-corrected chi connectivity index (χ1v) is 5.42. The summed E-state index contributed by atoms with van der Waals surface area (Å²) in [5.74, 6) is -0.539. The summed E-state index contributed by atoms with van der Waals surface area (Å²) in [5, 5.41) is 0. The van der Waals surface area contributed by atoms with Crippen LogP contribution in [0.3, 0.4) is 0 Å². The molecule has 0 aromatic carbocycles. The first kappa shape index (κ1) is 12.2. The molecule has 2 aromatic heterocycles. The van der Waals surface area contributed by atoms with E-state index in [2.05, 4.69) is 0 Å². The molecule has 0 saturated heterocycles. The Labute approximate surface area is 102 Å². The topological polar surface area (TPSA) is 92.0 Å². The van der Waals surface area contributed by atoms with Gasteiger partial charge >= 0.3 is 5.69 Å². The van der Waals surface area contributed by atoms with Crippen LogP contribution in [0.4, 0.5) is 0 Å². The van der Waals surface area contributed by atoms with Gasteiger partial charge in [0.2, 0.25) is 5.91 Å². The number of aryl methyl sites for hydroxylation is 1. The average molecular weight is 250 g/mol. The maximum atomic E-state index is 12.1. The summed E-state index contributed by atoms with van der Waals surface area (Å²) in [7, 11) is 2.97. The van der Waals surface area contributed by atoms with Crippen LogP contribution in [0.5, 0.6) is 0 Å². The highest BCUT2D eigenvalue weighted by Crippen LogP contribution is 2.15. The number of aromatic nitrogens is 3. The van der Waals surface area contributed by atoms with Gasteiger partial charge in [0.05, 0.1) is 5.52 Å². The third-order valence-corrected chi connectivity index (χ3v) is 3.17. The first-order chi connectivity index (χ1) is 8.36. The van der Waals surface area contributed by atoms with Gasteiger partial charge in [0.1, 0.15) is 11.6 Å². The van der Waals surface area contributed by atoms with Gasteiger partial charge in [-0.05, 0) is 13.0 Å². The van der Waals surface area contributed by atoms with E-state index in [1.807, 2.05) is 0 Å². The Hall–Kier alpha value is -2.31. The summed E-state index contributed by atoms with van der Waals surface area (Å²) < 4.78 is 3.85. The minimum absolute atomic E-state index is 0.297. The Morgan fingerprint density at radius 1 is 1.28 bits per heavy atom. The fourth-order valence-electron chi connectivity index (χ4n) is 1.96. The Morgan fingerprint density at radius 2 is 1.89 bits per heavy atom. The van der Waals surface area contributed by atoms with Crippen molar-refractivity contribution in [1.29, 1.82) is 0 Å². The van der Waals surface area contributed by atoms with Crippen LogP contribution in [0.25, 0.3) is 11.0 Å². The van der Waals surface area contributed by atoms with E-state index in [1.165, 1.54) is 16.2 Å². The third-order valence-electron chi connectivity index (χ3n) is 3.17. The molecule has 0 fully saturated rings. The molecule has 0 saturated carbocycles. The Balaban J connectivity index is 2.95. The molecule has 2 aromatic rings. The van der Waals surface area contributed by atoms with Gasteiger partial charge in [-0.25, -0.2) is 4.79 Å². The lowest BCUT2D eigenvalue weighted by Crippen LogP contribution is -2.38. The molecule has 0 aliphatic carbocycles. The van der Waals surface area contributed by atoms with Crippen molar-refractivity contribution < 1.29 is 4.79 Å². The number of amides is 1. The van der Waals surface area contributed by atoms with Crippen molar-refractivity contribution in [3.63, 3.8) is 0 Å². The van der Waals surface area contributed by atoms with Gasteiger partial charge in [-0.2, -0.15) is 0 Å². The van der Waals surface area contributed by atoms with Gasteiger partial charge in [0.15, 0.2) is 0 Å². The predicted molar refractivity (Wildman–Crippen MR) is 66.3 cm³/mol. The van der Waals surface area contributed by atoms with Gasteiger partial charge in [0, 0.05) is 20.3 Å². The van der Waals surface area contributed by atoms with Crippen LogP contribution in [0.15, 0.2) is 21.9 Å². The average Bonchev–Trinajstić information content (AvgIpc) is 2.77. The number of carbonyl (C=O) groups excluding carboxylic acids is 1. The van der Waals surface area contributed by atoms with E-state index >= 15 is 0 Å². The summed E-state index contributed by atoms with van der Waals surface area (Å²) in [6.07, 6.45) is 1.58.